The van der Waals surface area contributed by atoms with Crippen LogP contribution in [0.15, 0.2) is 0 Å². The van der Waals surface area contributed by atoms with Gasteiger partial charge in [-0.1, -0.05) is 13.8 Å². The van der Waals surface area contributed by atoms with Crippen molar-refractivity contribution >= 4 is 5.97 Å². The SMILES string of the molecule is CC1(C)COC(=O)C1(O)C(O)CO. The summed E-state index contributed by atoms with van der Waals surface area (Å²) in [5.74, 6) is -0.876. The van der Waals surface area contributed by atoms with Gasteiger partial charge in [-0.3, -0.25) is 0 Å². The first-order valence-corrected chi connectivity index (χ1v) is 4.05. The molecule has 5 heteroatoms. The minimum atomic E-state index is -2.00. The van der Waals surface area contributed by atoms with Crippen molar-refractivity contribution in [2.75, 3.05) is 13.2 Å². The molecule has 1 heterocycles. The van der Waals surface area contributed by atoms with Crippen molar-refractivity contribution in [3.05, 3.63) is 0 Å². The fourth-order valence-corrected chi connectivity index (χ4v) is 1.46. The van der Waals surface area contributed by atoms with Gasteiger partial charge in [-0.2, -0.15) is 0 Å². The number of aliphatic hydroxyl groups is 3. The highest BCUT2D eigenvalue weighted by Crippen LogP contribution is 2.40. The molecule has 0 radical (unpaired) electrons. The number of esters is 1. The van der Waals surface area contributed by atoms with Crippen LogP contribution in [0, 0.1) is 5.41 Å². The Balaban J connectivity index is 3.03. The minimum absolute atomic E-state index is 0.0411. The van der Waals surface area contributed by atoms with Gasteiger partial charge in [-0.15, -0.1) is 0 Å². The van der Waals surface area contributed by atoms with Crippen molar-refractivity contribution in [1.82, 2.24) is 0 Å². The molecule has 2 atom stereocenters. The summed E-state index contributed by atoms with van der Waals surface area (Å²) in [6.07, 6.45) is -1.50. The maximum absolute atomic E-state index is 11.2. The van der Waals surface area contributed by atoms with Crippen LogP contribution in [0.4, 0.5) is 0 Å². The minimum Gasteiger partial charge on any atom is -0.463 e. The highest BCUT2D eigenvalue weighted by molar-refractivity contribution is 5.83. The van der Waals surface area contributed by atoms with E-state index in [4.69, 9.17) is 5.11 Å². The summed E-state index contributed by atoms with van der Waals surface area (Å²) in [7, 11) is 0. The molecule has 0 bridgehead atoms. The van der Waals surface area contributed by atoms with Gasteiger partial charge in [0.25, 0.3) is 0 Å². The summed E-state index contributed by atoms with van der Waals surface area (Å²) >= 11 is 0. The molecule has 0 aromatic heterocycles. The van der Waals surface area contributed by atoms with Crippen LogP contribution in [0.2, 0.25) is 0 Å². The molecule has 0 saturated carbocycles. The lowest BCUT2D eigenvalue weighted by atomic mass is 9.74. The fraction of sp³-hybridized carbons (Fsp3) is 0.875. The third kappa shape index (κ3) is 1.23. The number of carbonyl (C=O) groups excluding carboxylic acids is 1. The lowest BCUT2D eigenvalue weighted by molar-refractivity contribution is -0.175. The molecule has 1 saturated heterocycles. The topological polar surface area (TPSA) is 87.0 Å². The highest BCUT2D eigenvalue weighted by Gasteiger charge is 2.61. The highest BCUT2D eigenvalue weighted by atomic mass is 16.6. The Kier molecular flexibility index (Phi) is 2.36. The van der Waals surface area contributed by atoms with E-state index in [-0.39, 0.29) is 6.61 Å². The van der Waals surface area contributed by atoms with Crippen LogP contribution in [-0.2, 0) is 9.53 Å². The van der Waals surface area contributed by atoms with E-state index >= 15 is 0 Å². The molecule has 1 fully saturated rings. The van der Waals surface area contributed by atoms with Crippen LogP contribution in [0.3, 0.4) is 0 Å². The van der Waals surface area contributed by atoms with Gasteiger partial charge in [0.05, 0.1) is 13.2 Å². The van der Waals surface area contributed by atoms with Gasteiger partial charge in [0.1, 0.15) is 6.10 Å². The molecule has 0 aromatic rings. The maximum atomic E-state index is 11.2. The largest absolute Gasteiger partial charge is 0.463 e. The molecule has 1 rings (SSSR count). The third-order valence-corrected chi connectivity index (χ3v) is 2.56. The van der Waals surface area contributed by atoms with Gasteiger partial charge in [-0.25, -0.2) is 4.79 Å². The molecule has 3 N–H and O–H groups in total. The van der Waals surface area contributed by atoms with E-state index in [0.717, 1.165) is 0 Å². The van der Waals surface area contributed by atoms with E-state index in [1.54, 1.807) is 13.8 Å². The van der Waals surface area contributed by atoms with Gasteiger partial charge in [-0.05, 0) is 0 Å². The number of hydrogen-bond acceptors (Lipinski definition) is 5. The standard InChI is InChI=1S/C8H14O5/c1-7(2)4-13-6(11)8(7,12)5(10)3-9/h5,9-10,12H,3-4H2,1-2H3. The van der Waals surface area contributed by atoms with Gasteiger partial charge in [0.15, 0.2) is 5.60 Å². The number of ether oxygens (including phenoxy) is 1. The number of hydrogen-bond donors (Lipinski definition) is 3. The lowest BCUT2D eigenvalue weighted by Crippen LogP contribution is -2.57. The Morgan fingerprint density at radius 2 is 2.15 bits per heavy atom. The number of aliphatic hydroxyl groups excluding tert-OH is 2. The molecule has 0 aromatic carbocycles. The number of carbonyl (C=O) groups is 1. The van der Waals surface area contributed by atoms with E-state index in [0.29, 0.717) is 0 Å². The van der Waals surface area contributed by atoms with Crippen molar-refractivity contribution in [3.63, 3.8) is 0 Å². The van der Waals surface area contributed by atoms with Crippen molar-refractivity contribution in [2.45, 2.75) is 25.6 Å². The van der Waals surface area contributed by atoms with Gasteiger partial charge in [0.2, 0.25) is 0 Å². The molecule has 1 aliphatic heterocycles. The Morgan fingerprint density at radius 3 is 2.46 bits per heavy atom. The van der Waals surface area contributed by atoms with Crippen molar-refractivity contribution in [3.8, 4) is 0 Å². The quantitative estimate of drug-likeness (QED) is 0.469. The Morgan fingerprint density at radius 1 is 1.62 bits per heavy atom. The van der Waals surface area contributed by atoms with Crippen LogP contribution < -0.4 is 0 Å². The van der Waals surface area contributed by atoms with E-state index < -0.39 is 29.7 Å². The number of cyclic esters (lactones) is 1. The normalized spacial score (nSPS) is 34.4. The molecule has 1 aliphatic rings. The molecule has 13 heavy (non-hydrogen) atoms. The monoisotopic (exact) mass is 190 g/mol. The van der Waals surface area contributed by atoms with Crippen LogP contribution >= 0.6 is 0 Å². The molecule has 0 spiro atoms. The average molecular weight is 190 g/mol. The first-order valence-electron chi connectivity index (χ1n) is 4.05. The predicted molar refractivity (Wildman–Crippen MR) is 42.8 cm³/mol. The zero-order chi connectivity index (χ0) is 10.3. The zero-order valence-corrected chi connectivity index (χ0v) is 7.65. The lowest BCUT2D eigenvalue weighted by Gasteiger charge is -2.34. The second-order valence-corrected chi connectivity index (χ2v) is 3.92. The molecule has 2 unspecified atom stereocenters. The summed E-state index contributed by atoms with van der Waals surface area (Å²) in [6.45, 7) is 2.56. The first-order chi connectivity index (χ1) is 5.86. The van der Waals surface area contributed by atoms with Gasteiger partial charge < -0.3 is 20.1 Å². The molecular formula is C8H14O5. The second-order valence-electron chi connectivity index (χ2n) is 3.92. The fourth-order valence-electron chi connectivity index (χ4n) is 1.46. The molecule has 0 aliphatic carbocycles. The number of rotatable bonds is 2. The molecule has 0 amide bonds. The maximum Gasteiger partial charge on any atom is 0.341 e. The third-order valence-electron chi connectivity index (χ3n) is 2.56. The van der Waals surface area contributed by atoms with Crippen molar-refractivity contribution < 1.29 is 24.9 Å². The summed E-state index contributed by atoms with van der Waals surface area (Å²) in [6, 6.07) is 0. The first kappa shape index (κ1) is 10.4. The van der Waals surface area contributed by atoms with E-state index in [2.05, 4.69) is 4.74 Å². The Bertz CT molecular complexity index is 225. The van der Waals surface area contributed by atoms with Crippen LogP contribution in [-0.4, -0.2) is 46.2 Å². The van der Waals surface area contributed by atoms with E-state index in [9.17, 15) is 15.0 Å². The smallest absolute Gasteiger partial charge is 0.341 e. The van der Waals surface area contributed by atoms with Gasteiger partial charge >= 0.3 is 5.97 Å². The molecule has 76 valence electrons. The van der Waals surface area contributed by atoms with E-state index in [1.165, 1.54) is 0 Å². The van der Waals surface area contributed by atoms with Crippen molar-refractivity contribution in [1.29, 1.82) is 0 Å². The average Bonchev–Trinajstić information content (AvgIpc) is 2.29. The summed E-state index contributed by atoms with van der Waals surface area (Å²) < 4.78 is 4.65. The molecular weight excluding hydrogens is 176 g/mol. The Hall–Kier alpha value is -0.650. The molecule has 5 nitrogen and oxygen atoms in total. The van der Waals surface area contributed by atoms with Crippen LogP contribution in [0.1, 0.15) is 13.8 Å². The van der Waals surface area contributed by atoms with Crippen LogP contribution in [0.25, 0.3) is 0 Å². The zero-order valence-electron chi connectivity index (χ0n) is 7.65. The Labute approximate surface area is 75.9 Å². The second kappa shape index (κ2) is 2.94. The summed E-state index contributed by atoms with van der Waals surface area (Å²) in [5.41, 5.74) is -2.88. The van der Waals surface area contributed by atoms with Crippen molar-refractivity contribution in [2.24, 2.45) is 5.41 Å². The van der Waals surface area contributed by atoms with E-state index in [1.807, 2.05) is 0 Å². The predicted octanol–water partition coefficient (Wildman–Crippen LogP) is -1.35. The van der Waals surface area contributed by atoms with Gasteiger partial charge in [0, 0.05) is 5.41 Å². The summed E-state index contributed by atoms with van der Waals surface area (Å²) in [5, 5.41) is 27.9. The van der Waals surface area contributed by atoms with Crippen LogP contribution in [0.5, 0.6) is 0 Å². The summed E-state index contributed by atoms with van der Waals surface area (Å²) in [4.78, 5) is 11.2.